The standard InChI is InChI=1S/C18H20O3/c1-12-6-7-13-4-2-3-5-17(13)16(12)9-8-15-10-14(19)11-18(20)21-15/h4,6-7,9,15,17H,1-3,5,8,10-11H2/b16-9+. The summed E-state index contributed by atoms with van der Waals surface area (Å²) in [6.45, 7) is 4.12. The van der Waals surface area contributed by atoms with Gasteiger partial charge in [0.05, 0.1) is 0 Å². The second-order valence-electron chi connectivity index (χ2n) is 5.97. The lowest BCUT2D eigenvalue weighted by Gasteiger charge is -2.30. The Morgan fingerprint density at radius 1 is 1.33 bits per heavy atom. The van der Waals surface area contributed by atoms with Crippen LogP contribution in [0.4, 0.5) is 0 Å². The van der Waals surface area contributed by atoms with Crippen LogP contribution in [0.25, 0.3) is 0 Å². The van der Waals surface area contributed by atoms with Gasteiger partial charge in [-0.3, -0.25) is 9.59 Å². The van der Waals surface area contributed by atoms with Gasteiger partial charge in [0.25, 0.3) is 0 Å². The Balaban J connectivity index is 1.75. The van der Waals surface area contributed by atoms with E-state index < -0.39 is 5.97 Å². The number of esters is 1. The summed E-state index contributed by atoms with van der Waals surface area (Å²) < 4.78 is 5.25. The number of carbonyl (C=O) groups excluding carboxylic acids is 2. The molecule has 2 unspecified atom stereocenters. The molecular weight excluding hydrogens is 264 g/mol. The number of hydrogen-bond acceptors (Lipinski definition) is 3. The fourth-order valence-corrected chi connectivity index (χ4v) is 3.36. The Bertz CT molecular complexity index is 559. The number of Topliss-reactive ketones (excluding diaryl/α,β-unsaturated/α-hetero) is 1. The van der Waals surface area contributed by atoms with Gasteiger partial charge in [-0.1, -0.05) is 30.9 Å². The molecule has 3 rings (SSSR count). The van der Waals surface area contributed by atoms with Crippen LogP contribution in [-0.4, -0.2) is 17.9 Å². The van der Waals surface area contributed by atoms with Gasteiger partial charge in [0.15, 0.2) is 0 Å². The van der Waals surface area contributed by atoms with Crippen LogP contribution in [0.1, 0.15) is 38.5 Å². The summed E-state index contributed by atoms with van der Waals surface area (Å²) in [5, 5.41) is 0. The van der Waals surface area contributed by atoms with E-state index in [0.29, 0.717) is 18.8 Å². The number of ketones is 1. The molecule has 1 fully saturated rings. The maximum absolute atomic E-state index is 11.5. The first-order chi connectivity index (χ1) is 10.1. The van der Waals surface area contributed by atoms with E-state index in [9.17, 15) is 9.59 Å². The number of cyclic esters (lactones) is 1. The number of carbonyl (C=O) groups is 2. The molecule has 0 radical (unpaired) electrons. The van der Waals surface area contributed by atoms with E-state index >= 15 is 0 Å². The minimum Gasteiger partial charge on any atom is -0.461 e. The van der Waals surface area contributed by atoms with E-state index in [4.69, 9.17) is 4.74 Å². The molecule has 0 aromatic carbocycles. The zero-order valence-corrected chi connectivity index (χ0v) is 12.1. The van der Waals surface area contributed by atoms with Crippen molar-refractivity contribution in [1.82, 2.24) is 0 Å². The maximum atomic E-state index is 11.5. The molecule has 3 heteroatoms. The first-order valence-electron chi connectivity index (χ1n) is 7.62. The van der Waals surface area contributed by atoms with Crippen molar-refractivity contribution in [3.05, 3.63) is 47.6 Å². The molecule has 110 valence electrons. The Hall–Kier alpha value is -1.90. The minimum absolute atomic E-state index is 0.0183. The summed E-state index contributed by atoms with van der Waals surface area (Å²) in [4.78, 5) is 22.8. The Morgan fingerprint density at radius 2 is 2.19 bits per heavy atom. The first kappa shape index (κ1) is 14.1. The predicted molar refractivity (Wildman–Crippen MR) is 80.5 cm³/mol. The number of rotatable bonds is 2. The van der Waals surface area contributed by atoms with Crippen LogP contribution in [0.2, 0.25) is 0 Å². The van der Waals surface area contributed by atoms with Gasteiger partial charge in [-0.2, -0.15) is 0 Å². The van der Waals surface area contributed by atoms with Crippen molar-refractivity contribution in [3.8, 4) is 0 Å². The second-order valence-corrected chi connectivity index (χ2v) is 5.97. The van der Waals surface area contributed by atoms with Crippen LogP contribution in [0.3, 0.4) is 0 Å². The van der Waals surface area contributed by atoms with E-state index in [-0.39, 0.29) is 18.3 Å². The largest absolute Gasteiger partial charge is 0.461 e. The van der Waals surface area contributed by atoms with Gasteiger partial charge < -0.3 is 4.74 Å². The molecule has 0 aromatic heterocycles. The zero-order chi connectivity index (χ0) is 14.8. The molecule has 2 aliphatic carbocycles. The zero-order valence-electron chi connectivity index (χ0n) is 12.1. The Morgan fingerprint density at radius 3 is 3.00 bits per heavy atom. The van der Waals surface area contributed by atoms with Gasteiger partial charge in [0.2, 0.25) is 0 Å². The van der Waals surface area contributed by atoms with Crippen molar-refractivity contribution in [3.63, 3.8) is 0 Å². The Labute approximate surface area is 125 Å². The van der Waals surface area contributed by atoms with Gasteiger partial charge in [0.1, 0.15) is 18.3 Å². The first-order valence-corrected chi connectivity index (χ1v) is 7.62. The SMILES string of the molecule is C=C1C=CC2=CCCCC2/C1=C/CC1CC(=O)CC(=O)O1. The van der Waals surface area contributed by atoms with E-state index in [2.05, 4.69) is 30.9 Å². The molecule has 0 bridgehead atoms. The van der Waals surface area contributed by atoms with Gasteiger partial charge >= 0.3 is 5.97 Å². The van der Waals surface area contributed by atoms with Crippen LogP contribution >= 0.6 is 0 Å². The van der Waals surface area contributed by atoms with Gasteiger partial charge in [-0.25, -0.2) is 0 Å². The van der Waals surface area contributed by atoms with Crippen LogP contribution < -0.4 is 0 Å². The number of fused-ring (bicyclic) bond motifs is 1. The third-order valence-corrected chi connectivity index (χ3v) is 4.40. The molecule has 0 amide bonds. The number of allylic oxidation sites excluding steroid dienone is 6. The normalized spacial score (nSPS) is 31.0. The monoisotopic (exact) mass is 284 g/mol. The molecular formula is C18H20O3. The van der Waals surface area contributed by atoms with Crippen LogP contribution in [0, 0.1) is 5.92 Å². The van der Waals surface area contributed by atoms with E-state index in [1.54, 1.807) is 0 Å². The molecule has 2 atom stereocenters. The maximum Gasteiger partial charge on any atom is 0.313 e. The fraction of sp³-hybridized carbons (Fsp3) is 0.444. The molecule has 0 N–H and O–H groups in total. The van der Waals surface area contributed by atoms with Crippen molar-refractivity contribution in [1.29, 1.82) is 0 Å². The highest BCUT2D eigenvalue weighted by molar-refractivity contribution is 5.97. The average Bonchev–Trinajstić information content (AvgIpc) is 2.45. The van der Waals surface area contributed by atoms with E-state index in [1.165, 1.54) is 17.6 Å². The minimum atomic E-state index is -0.393. The van der Waals surface area contributed by atoms with E-state index in [1.807, 2.05) is 0 Å². The highest BCUT2D eigenvalue weighted by atomic mass is 16.5. The molecule has 0 spiro atoms. The highest BCUT2D eigenvalue weighted by Gasteiger charge is 2.28. The molecule has 1 saturated heterocycles. The molecule has 3 aliphatic rings. The quantitative estimate of drug-likeness (QED) is 0.576. The van der Waals surface area contributed by atoms with Gasteiger partial charge in [0, 0.05) is 18.8 Å². The summed E-state index contributed by atoms with van der Waals surface area (Å²) in [6, 6.07) is 0. The summed E-state index contributed by atoms with van der Waals surface area (Å²) >= 11 is 0. The summed E-state index contributed by atoms with van der Waals surface area (Å²) in [7, 11) is 0. The third-order valence-electron chi connectivity index (χ3n) is 4.40. The summed E-state index contributed by atoms with van der Waals surface area (Å²) in [5.74, 6) is 0.0109. The lowest BCUT2D eigenvalue weighted by atomic mass is 9.75. The molecule has 1 aliphatic heterocycles. The van der Waals surface area contributed by atoms with Crippen molar-refractivity contribution in [2.24, 2.45) is 5.92 Å². The number of ether oxygens (including phenoxy) is 1. The average molecular weight is 284 g/mol. The van der Waals surface area contributed by atoms with Crippen LogP contribution in [0.5, 0.6) is 0 Å². The lowest BCUT2D eigenvalue weighted by molar-refractivity contribution is -0.157. The summed E-state index contributed by atoms with van der Waals surface area (Å²) in [5.41, 5.74) is 3.64. The fourth-order valence-electron chi connectivity index (χ4n) is 3.36. The summed E-state index contributed by atoms with van der Waals surface area (Å²) in [6.07, 6.45) is 12.7. The third kappa shape index (κ3) is 3.07. The predicted octanol–water partition coefficient (Wildman–Crippen LogP) is 3.43. The molecule has 0 saturated carbocycles. The molecule has 0 aromatic rings. The van der Waals surface area contributed by atoms with Crippen molar-refractivity contribution in [2.45, 2.75) is 44.6 Å². The van der Waals surface area contributed by atoms with Crippen molar-refractivity contribution < 1.29 is 14.3 Å². The second kappa shape index (κ2) is 5.84. The van der Waals surface area contributed by atoms with Crippen LogP contribution in [-0.2, 0) is 14.3 Å². The molecule has 21 heavy (non-hydrogen) atoms. The van der Waals surface area contributed by atoms with Crippen molar-refractivity contribution in [2.75, 3.05) is 0 Å². The highest BCUT2D eigenvalue weighted by Crippen LogP contribution is 2.39. The van der Waals surface area contributed by atoms with Gasteiger partial charge in [-0.05, 0) is 36.0 Å². The van der Waals surface area contributed by atoms with Crippen LogP contribution in [0.15, 0.2) is 47.6 Å². The number of hydrogen-bond donors (Lipinski definition) is 0. The smallest absolute Gasteiger partial charge is 0.313 e. The lowest BCUT2D eigenvalue weighted by Crippen LogP contribution is -2.29. The van der Waals surface area contributed by atoms with E-state index in [0.717, 1.165) is 18.4 Å². The topological polar surface area (TPSA) is 43.4 Å². The molecule has 3 nitrogen and oxygen atoms in total. The Kier molecular flexibility index (Phi) is 3.91. The van der Waals surface area contributed by atoms with Gasteiger partial charge in [-0.15, -0.1) is 0 Å². The van der Waals surface area contributed by atoms with Crippen molar-refractivity contribution >= 4 is 11.8 Å². The molecule has 1 heterocycles.